The molecule has 0 unspecified atom stereocenters. The molecule has 6 nitrogen and oxygen atoms in total. The van der Waals surface area contributed by atoms with Crippen molar-refractivity contribution < 1.29 is 14.0 Å². The summed E-state index contributed by atoms with van der Waals surface area (Å²) >= 11 is 0. The van der Waals surface area contributed by atoms with Gasteiger partial charge in [0.05, 0.1) is 12.4 Å². The average molecular weight is 350 g/mol. The number of carbonyl (C=O) groups excluding carboxylic acids is 2. The van der Waals surface area contributed by atoms with E-state index in [0.717, 1.165) is 37.2 Å². The predicted molar refractivity (Wildman–Crippen MR) is 93.9 cm³/mol. The molecule has 2 aliphatic rings. The number of carbonyl (C=O) groups is 2. The van der Waals surface area contributed by atoms with Crippen LogP contribution in [0.5, 0.6) is 0 Å². The van der Waals surface area contributed by atoms with Gasteiger partial charge in [0, 0.05) is 17.5 Å². The number of nitrogens with one attached hydrogen (secondary N) is 1. The minimum Gasteiger partial charge on any atom is -0.326 e. The van der Waals surface area contributed by atoms with Crippen LogP contribution in [0, 0.1) is 5.82 Å². The number of rotatable bonds is 3. The maximum Gasteiger partial charge on any atom is 0.254 e. The summed E-state index contributed by atoms with van der Waals surface area (Å²) in [6.07, 6.45) is 4.76. The van der Waals surface area contributed by atoms with Crippen LogP contribution in [0.25, 0.3) is 0 Å². The van der Waals surface area contributed by atoms with Gasteiger partial charge in [-0.05, 0) is 24.5 Å². The molecule has 1 aromatic carbocycles. The third-order valence-electron chi connectivity index (χ3n) is 5.03. The van der Waals surface area contributed by atoms with Crippen LogP contribution in [-0.2, 0) is 4.79 Å². The lowest BCUT2D eigenvalue weighted by Crippen LogP contribution is -2.49. The van der Waals surface area contributed by atoms with Crippen LogP contribution in [0.15, 0.2) is 30.6 Å². The second-order valence-corrected chi connectivity index (χ2v) is 6.66. The summed E-state index contributed by atoms with van der Waals surface area (Å²) in [7, 11) is 5.89. The first-order chi connectivity index (χ1) is 12.5. The first kappa shape index (κ1) is 16.7. The van der Waals surface area contributed by atoms with E-state index >= 15 is 0 Å². The molecule has 8 heteroatoms. The van der Waals surface area contributed by atoms with Gasteiger partial charge in [-0.2, -0.15) is 0 Å². The Morgan fingerprint density at radius 2 is 2.08 bits per heavy atom. The van der Waals surface area contributed by atoms with E-state index in [2.05, 4.69) is 15.3 Å². The molecule has 26 heavy (non-hydrogen) atoms. The Balaban J connectivity index is 1.56. The van der Waals surface area contributed by atoms with E-state index < -0.39 is 11.7 Å². The Morgan fingerprint density at radius 3 is 2.85 bits per heavy atom. The van der Waals surface area contributed by atoms with Crippen LogP contribution in [-0.4, -0.2) is 47.1 Å². The summed E-state index contributed by atoms with van der Waals surface area (Å²) in [5, 5.41) is 2.51. The smallest absolute Gasteiger partial charge is 0.254 e. The van der Waals surface area contributed by atoms with Gasteiger partial charge in [0.15, 0.2) is 5.82 Å². The molecule has 1 aliphatic heterocycles. The second-order valence-electron chi connectivity index (χ2n) is 6.66. The minimum atomic E-state index is -0.584. The fraction of sp³-hybridized carbons (Fsp3) is 0.333. The van der Waals surface area contributed by atoms with Crippen LogP contribution in [0.2, 0.25) is 0 Å². The topological polar surface area (TPSA) is 75.2 Å². The highest BCUT2D eigenvalue weighted by Crippen LogP contribution is 2.43. The molecule has 130 valence electrons. The van der Waals surface area contributed by atoms with E-state index in [4.69, 9.17) is 7.85 Å². The van der Waals surface area contributed by atoms with Crippen LogP contribution >= 0.6 is 0 Å². The molecule has 1 N–H and O–H groups in total. The molecule has 2 amide bonds. The first-order valence-corrected chi connectivity index (χ1v) is 8.50. The Kier molecular flexibility index (Phi) is 4.18. The summed E-state index contributed by atoms with van der Waals surface area (Å²) in [4.78, 5) is 34.3. The number of hydrogen-bond acceptors (Lipinski definition) is 4. The highest BCUT2D eigenvalue weighted by molar-refractivity contribution is 6.32. The monoisotopic (exact) mass is 350 g/mol. The second kappa shape index (κ2) is 6.51. The van der Waals surface area contributed by atoms with Crippen molar-refractivity contribution in [3.63, 3.8) is 0 Å². The molecule has 1 saturated carbocycles. The molecule has 2 aromatic rings. The van der Waals surface area contributed by atoms with Crippen molar-refractivity contribution in [1.82, 2.24) is 14.9 Å². The van der Waals surface area contributed by atoms with Gasteiger partial charge in [0.2, 0.25) is 11.9 Å². The lowest BCUT2D eigenvalue weighted by molar-refractivity contribution is -0.117. The summed E-state index contributed by atoms with van der Waals surface area (Å²) in [5.41, 5.74) is 2.23. The van der Waals surface area contributed by atoms with E-state index in [1.807, 2.05) is 6.07 Å². The molecule has 1 aromatic heterocycles. The van der Waals surface area contributed by atoms with Gasteiger partial charge in [-0.3, -0.25) is 14.9 Å². The SMILES string of the molecule is [B]c1ccc2c(c1)[C@@H]1CCC[C@@H]1N(CC(=O)Nc1ncc(F)cn1)C2=O. The quantitative estimate of drug-likeness (QED) is 0.843. The van der Waals surface area contributed by atoms with Gasteiger partial charge in [-0.1, -0.05) is 24.0 Å². The highest BCUT2D eigenvalue weighted by atomic mass is 19.1. The third-order valence-corrected chi connectivity index (χ3v) is 5.03. The molecule has 0 saturated heterocycles. The molecule has 4 rings (SSSR count). The Morgan fingerprint density at radius 1 is 1.31 bits per heavy atom. The lowest BCUT2D eigenvalue weighted by atomic mass is 9.81. The van der Waals surface area contributed by atoms with Crippen molar-refractivity contribution in [1.29, 1.82) is 0 Å². The zero-order chi connectivity index (χ0) is 18.3. The maximum atomic E-state index is 12.9. The molecule has 0 spiro atoms. The van der Waals surface area contributed by atoms with Crippen molar-refractivity contribution in [3.05, 3.63) is 47.5 Å². The van der Waals surface area contributed by atoms with Crippen molar-refractivity contribution in [2.75, 3.05) is 11.9 Å². The molecule has 1 fully saturated rings. The number of halogens is 1. The van der Waals surface area contributed by atoms with Gasteiger partial charge in [-0.25, -0.2) is 14.4 Å². The lowest BCUT2D eigenvalue weighted by Gasteiger charge is -2.38. The Labute approximate surface area is 151 Å². The fourth-order valence-corrected chi connectivity index (χ4v) is 3.95. The maximum absolute atomic E-state index is 12.9. The Bertz CT molecular complexity index is 874. The zero-order valence-corrected chi connectivity index (χ0v) is 14.0. The van der Waals surface area contributed by atoms with E-state index in [1.54, 1.807) is 17.0 Å². The Hall–Kier alpha value is -2.77. The first-order valence-electron chi connectivity index (χ1n) is 8.50. The number of anilines is 1. The molecule has 2 heterocycles. The van der Waals surface area contributed by atoms with E-state index in [-0.39, 0.29) is 30.4 Å². The predicted octanol–water partition coefficient (Wildman–Crippen LogP) is 1.14. The zero-order valence-electron chi connectivity index (χ0n) is 14.0. The molecule has 2 atom stereocenters. The van der Waals surface area contributed by atoms with Crippen LogP contribution < -0.4 is 10.8 Å². The van der Waals surface area contributed by atoms with Gasteiger partial charge in [0.1, 0.15) is 14.4 Å². The third kappa shape index (κ3) is 2.96. The number of amides is 2. The highest BCUT2D eigenvalue weighted by Gasteiger charge is 2.42. The van der Waals surface area contributed by atoms with Gasteiger partial charge in [-0.15, -0.1) is 0 Å². The number of hydrogen-bond donors (Lipinski definition) is 1. The van der Waals surface area contributed by atoms with E-state index in [9.17, 15) is 14.0 Å². The summed E-state index contributed by atoms with van der Waals surface area (Å²) < 4.78 is 12.9. The van der Waals surface area contributed by atoms with Crippen molar-refractivity contribution in [2.24, 2.45) is 0 Å². The molecular formula is C18H16BFN4O2. The van der Waals surface area contributed by atoms with E-state index in [0.29, 0.717) is 11.0 Å². The summed E-state index contributed by atoms with van der Waals surface area (Å²) in [6, 6.07) is 5.29. The van der Waals surface area contributed by atoms with Gasteiger partial charge >= 0.3 is 0 Å². The number of aromatic nitrogens is 2. The number of fused-ring (bicyclic) bond motifs is 3. The number of benzene rings is 1. The van der Waals surface area contributed by atoms with Crippen molar-refractivity contribution in [2.45, 2.75) is 31.2 Å². The van der Waals surface area contributed by atoms with Crippen LogP contribution in [0.1, 0.15) is 41.1 Å². The molecular weight excluding hydrogens is 334 g/mol. The molecule has 2 radical (unpaired) electrons. The standard InChI is InChI=1S/C18H16BFN4O2/c19-10-4-5-13-14(6-10)12-2-1-3-15(12)24(17(13)26)9-16(25)23-18-21-7-11(20)8-22-18/h4-8,12,15H,1-3,9H2,(H,21,22,23,25)/t12-,15-/m0/s1. The molecule has 1 aliphatic carbocycles. The van der Waals surface area contributed by atoms with Crippen LogP contribution in [0.4, 0.5) is 10.3 Å². The number of nitrogens with zero attached hydrogens (tertiary/aromatic N) is 3. The average Bonchev–Trinajstić information content (AvgIpc) is 3.10. The summed E-state index contributed by atoms with van der Waals surface area (Å²) in [5.74, 6) is -0.954. The van der Waals surface area contributed by atoms with Crippen molar-refractivity contribution >= 4 is 31.1 Å². The van der Waals surface area contributed by atoms with Gasteiger partial charge in [0.25, 0.3) is 5.91 Å². The van der Waals surface area contributed by atoms with Gasteiger partial charge < -0.3 is 4.90 Å². The largest absolute Gasteiger partial charge is 0.326 e. The van der Waals surface area contributed by atoms with Crippen LogP contribution in [0.3, 0.4) is 0 Å². The summed E-state index contributed by atoms with van der Waals surface area (Å²) in [6.45, 7) is -0.0927. The minimum absolute atomic E-state index is 0.0111. The fourth-order valence-electron chi connectivity index (χ4n) is 3.95. The van der Waals surface area contributed by atoms with Crippen molar-refractivity contribution in [3.8, 4) is 0 Å². The van der Waals surface area contributed by atoms with E-state index in [1.165, 1.54) is 0 Å². The normalized spacial score (nSPS) is 21.3. The molecule has 0 bridgehead atoms.